The number of thioether (sulfide) groups is 1. The van der Waals surface area contributed by atoms with E-state index in [1.54, 1.807) is 12.1 Å². The molecule has 5 nitrogen and oxygen atoms in total. The summed E-state index contributed by atoms with van der Waals surface area (Å²) in [5.41, 5.74) is 4.73. The van der Waals surface area contributed by atoms with Gasteiger partial charge in [-0.3, -0.25) is 9.69 Å². The van der Waals surface area contributed by atoms with Gasteiger partial charge in [-0.05, 0) is 67.3 Å². The lowest BCUT2D eigenvalue weighted by Gasteiger charge is -2.27. The second kappa shape index (κ2) is 8.59. The van der Waals surface area contributed by atoms with Gasteiger partial charge in [-0.2, -0.15) is 0 Å². The molecule has 5 rings (SSSR count). The lowest BCUT2D eigenvalue weighted by atomic mass is 10.0. The fourth-order valence-electron chi connectivity index (χ4n) is 3.87. The minimum Gasteiger partial charge on any atom is -0.411 e. The molecular formula is C25H20FN3O2S. The molecule has 0 saturated heterocycles. The summed E-state index contributed by atoms with van der Waals surface area (Å²) in [5.74, 6) is -0.101. The lowest BCUT2D eigenvalue weighted by molar-refractivity contribution is -0.117. The fourth-order valence-corrected chi connectivity index (χ4v) is 4.59. The Morgan fingerprint density at radius 1 is 0.938 bits per heavy atom. The van der Waals surface area contributed by atoms with Crippen LogP contribution in [-0.2, 0) is 17.6 Å². The van der Waals surface area contributed by atoms with Gasteiger partial charge < -0.3 is 4.42 Å². The zero-order chi connectivity index (χ0) is 22.1. The van der Waals surface area contributed by atoms with Crippen molar-refractivity contribution in [3.8, 4) is 11.5 Å². The van der Waals surface area contributed by atoms with Crippen molar-refractivity contribution in [2.45, 2.75) is 30.2 Å². The highest BCUT2D eigenvalue weighted by atomic mass is 32.2. The smallest absolute Gasteiger partial charge is 0.277 e. The number of carbonyl (C=O) groups is 1. The molecule has 7 heteroatoms. The van der Waals surface area contributed by atoms with Crippen LogP contribution in [0.5, 0.6) is 0 Å². The normalized spacial score (nSPS) is 13.8. The zero-order valence-corrected chi connectivity index (χ0v) is 18.2. The number of halogens is 1. The SMILES string of the molecule is CC(Sc1nnc(-c2ccc(F)cc2)o1)C(=O)N1c2ccccc2CCc2ccccc21. The predicted octanol–water partition coefficient (Wildman–Crippen LogP) is 5.82. The molecule has 0 fully saturated rings. The number of hydrogen-bond donors (Lipinski definition) is 0. The minimum atomic E-state index is -0.462. The molecule has 0 spiro atoms. The summed E-state index contributed by atoms with van der Waals surface area (Å²) in [7, 11) is 0. The zero-order valence-electron chi connectivity index (χ0n) is 17.4. The molecule has 1 aromatic heterocycles. The van der Waals surface area contributed by atoms with Crippen LogP contribution in [0.4, 0.5) is 15.8 Å². The molecule has 0 bridgehead atoms. The number of aryl methyl sites for hydroxylation is 2. The van der Waals surface area contributed by atoms with Crippen LogP contribution >= 0.6 is 11.8 Å². The molecule has 1 atom stereocenters. The number of para-hydroxylation sites is 2. The van der Waals surface area contributed by atoms with E-state index in [9.17, 15) is 9.18 Å². The van der Waals surface area contributed by atoms with Crippen molar-refractivity contribution in [2.24, 2.45) is 0 Å². The molecular weight excluding hydrogens is 425 g/mol. The Morgan fingerprint density at radius 2 is 1.53 bits per heavy atom. The first-order valence-electron chi connectivity index (χ1n) is 10.4. The number of aromatic nitrogens is 2. The van der Waals surface area contributed by atoms with Gasteiger partial charge in [0.2, 0.25) is 11.8 Å². The molecule has 2 heterocycles. The van der Waals surface area contributed by atoms with Crippen LogP contribution in [0, 0.1) is 5.82 Å². The van der Waals surface area contributed by atoms with Crippen LogP contribution in [0.25, 0.3) is 11.5 Å². The third-order valence-corrected chi connectivity index (χ3v) is 6.39. The number of amides is 1. The summed E-state index contributed by atoms with van der Waals surface area (Å²) in [6.07, 6.45) is 1.76. The topological polar surface area (TPSA) is 59.2 Å². The van der Waals surface area contributed by atoms with Crippen molar-refractivity contribution in [3.63, 3.8) is 0 Å². The molecule has 1 aliphatic heterocycles. The molecule has 1 unspecified atom stereocenters. The maximum Gasteiger partial charge on any atom is 0.277 e. The Labute approximate surface area is 189 Å². The molecule has 1 aliphatic rings. The van der Waals surface area contributed by atoms with Crippen LogP contribution in [-0.4, -0.2) is 21.4 Å². The first-order valence-corrected chi connectivity index (χ1v) is 11.2. The quantitative estimate of drug-likeness (QED) is 0.371. The van der Waals surface area contributed by atoms with Crippen LogP contribution in [0.3, 0.4) is 0 Å². The summed E-state index contributed by atoms with van der Waals surface area (Å²) in [6, 6.07) is 21.9. The van der Waals surface area contributed by atoms with Gasteiger partial charge in [0.05, 0.1) is 16.6 Å². The highest BCUT2D eigenvalue weighted by Crippen LogP contribution is 2.38. The van der Waals surface area contributed by atoms with E-state index >= 15 is 0 Å². The Bertz CT molecular complexity index is 1220. The number of rotatable bonds is 4. The third kappa shape index (κ3) is 3.91. The van der Waals surface area contributed by atoms with Crippen LogP contribution < -0.4 is 4.90 Å². The highest BCUT2D eigenvalue weighted by molar-refractivity contribution is 8.00. The second-order valence-electron chi connectivity index (χ2n) is 7.57. The van der Waals surface area contributed by atoms with Gasteiger partial charge in [-0.1, -0.05) is 48.2 Å². The van der Waals surface area contributed by atoms with E-state index in [-0.39, 0.29) is 17.6 Å². The van der Waals surface area contributed by atoms with E-state index in [1.165, 1.54) is 23.9 Å². The van der Waals surface area contributed by atoms with Gasteiger partial charge in [0.25, 0.3) is 5.22 Å². The molecule has 160 valence electrons. The Morgan fingerprint density at radius 3 is 2.16 bits per heavy atom. The Hall–Kier alpha value is -3.45. The molecule has 0 saturated carbocycles. The Balaban J connectivity index is 1.43. The summed E-state index contributed by atoms with van der Waals surface area (Å²) >= 11 is 1.21. The van der Waals surface area contributed by atoms with Gasteiger partial charge in [-0.15, -0.1) is 10.2 Å². The van der Waals surface area contributed by atoms with Crippen molar-refractivity contribution in [1.29, 1.82) is 0 Å². The standard InChI is InChI=1S/C25H20FN3O2S/c1-16(32-25-28-27-23(31-25)19-12-14-20(26)15-13-19)24(30)29-21-8-4-2-6-17(21)10-11-18-7-3-5-9-22(18)29/h2-9,12-16H,10-11H2,1H3. The van der Waals surface area contributed by atoms with E-state index in [0.29, 0.717) is 10.8 Å². The summed E-state index contributed by atoms with van der Waals surface area (Å²) < 4.78 is 18.9. The number of nitrogens with zero attached hydrogens (tertiary/aromatic N) is 3. The van der Waals surface area contributed by atoms with Crippen molar-refractivity contribution >= 4 is 29.0 Å². The third-order valence-electron chi connectivity index (χ3n) is 5.47. The monoisotopic (exact) mass is 445 g/mol. The average Bonchev–Trinajstić information content (AvgIpc) is 3.21. The van der Waals surface area contributed by atoms with Crippen molar-refractivity contribution in [2.75, 3.05) is 4.90 Å². The average molecular weight is 446 g/mol. The van der Waals surface area contributed by atoms with Crippen LogP contribution in [0.1, 0.15) is 18.1 Å². The predicted molar refractivity (Wildman–Crippen MR) is 122 cm³/mol. The summed E-state index contributed by atoms with van der Waals surface area (Å²) in [4.78, 5) is 15.5. The van der Waals surface area contributed by atoms with Crippen molar-refractivity contribution < 1.29 is 13.6 Å². The lowest BCUT2D eigenvalue weighted by Crippen LogP contribution is -2.33. The minimum absolute atomic E-state index is 0.0571. The number of anilines is 2. The summed E-state index contributed by atoms with van der Waals surface area (Å²) in [5, 5.41) is 7.95. The number of carbonyl (C=O) groups excluding carboxylic acids is 1. The molecule has 1 amide bonds. The largest absolute Gasteiger partial charge is 0.411 e. The summed E-state index contributed by atoms with van der Waals surface area (Å²) in [6.45, 7) is 1.84. The number of fused-ring (bicyclic) bond motifs is 2. The Kier molecular flexibility index (Phi) is 5.49. The van der Waals surface area contributed by atoms with Gasteiger partial charge in [0, 0.05) is 5.56 Å². The first-order chi connectivity index (χ1) is 15.6. The van der Waals surface area contributed by atoms with E-state index in [0.717, 1.165) is 35.3 Å². The van der Waals surface area contributed by atoms with Gasteiger partial charge in [-0.25, -0.2) is 4.39 Å². The first kappa shape index (κ1) is 20.5. The van der Waals surface area contributed by atoms with E-state index in [1.807, 2.05) is 48.2 Å². The second-order valence-corrected chi connectivity index (χ2v) is 8.86. The number of benzene rings is 3. The van der Waals surface area contributed by atoms with Gasteiger partial charge in [0.1, 0.15) is 5.82 Å². The van der Waals surface area contributed by atoms with Crippen molar-refractivity contribution in [3.05, 3.63) is 89.7 Å². The molecule has 0 aliphatic carbocycles. The number of hydrogen-bond acceptors (Lipinski definition) is 5. The molecule has 4 aromatic rings. The fraction of sp³-hybridized carbons (Fsp3) is 0.160. The van der Waals surface area contributed by atoms with Crippen molar-refractivity contribution in [1.82, 2.24) is 10.2 Å². The maximum absolute atomic E-state index is 13.7. The van der Waals surface area contributed by atoms with E-state index < -0.39 is 5.25 Å². The molecule has 0 radical (unpaired) electrons. The van der Waals surface area contributed by atoms with Gasteiger partial charge >= 0.3 is 0 Å². The molecule has 32 heavy (non-hydrogen) atoms. The molecule has 3 aromatic carbocycles. The van der Waals surface area contributed by atoms with Crippen LogP contribution in [0.15, 0.2) is 82.4 Å². The molecule has 0 N–H and O–H groups in total. The van der Waals surface area contributed by atoms with Crippen LogP contribution in [0.2, 0.25) is 0 Å². The highest BCUT2D eigenvalue weighted by Gasteiger charge is 2.30. The van der Waals surface area contributed by atoms with Gasteiger partial charge in [0.15, 0.2) is 0 Å². The maximum atomic E-state index is 13.7. The van der Waals surface area contributed by atoms with E-state index in [4.69, 9.17) is 4.42 Å². The van der Waals surface area contributed by atoms with E-state index in [2.05, 4.69) is 22.3 Å².